The molecule has 0 atom stereocenters. The summed E-state index contributed by atoms with van der Waals surface area (Å²) >= 11 is 9.85. The van der Waals surface area contributed by atoms with E-state index in [0.29, 0.717) is 11.0 Å². The van der Waals surface area contributed by atoms with Gasteiger partial charge in [-0.15, -0.1) is 0 Å². The van der Waals surface area contributed by atoms with Gasteiger partial charge in [-0.1, -0.05) is 29.8 Å². The molecular weight excluding hydrogens is 352 g/mol. The molecule has 0 saturated carbocycles. The van der Waals surface area contributed by atoms with Gasteiger partial charge in [0.25, 0.3) is 0 Å². The van der Waals surface area contributed by atoms with Gasteiger partial charge < -0.3 is 4.74 Å². The van der Waals surface area contributed by atoms with E-state index in [9.17, 15) is 0 Å². The smallest absolute Gasteiger partial charge is 0.161 e. The Balaban J connectivity index is 2.27. The maximum atomic E-state index is 6.35. The van der Waals surface area contributed by atoms with Crippen LogP contribution < -0.4 is 4.74 Å². The molecule has 0 spiro atoms. The van der Waals surface area contributed by atoms with Crippen molar-refractivity contribution in [1.82, 2.24) is 9.97 Å². The average Bonchev–Trinajstić information content (AvgIpc) is 2.50. The SMILES string of the molecule is COc1cccc(-c2nc(Cl)c3c(Br)ccc(C)c3n2)c1. The molecule has 3 aromatic rings. The highest BCUT2D eigenvalue weighted by atomic mass is 79.9. The highest BCUT2D eigenvalue weighted by Gasteiger charge is 2.12. The highest BCUT2D eigenvalue weighted by Crippen LogP contribution is 2.32. The van der Waals surface area contributed by atoms with Crippen molar-refractivity contribution in [2.75, 3.05) is 7.11 Å². The molecule has 21 heavy (non-hydrogen) atoms. The van der Waals surface area contributed by atoms with Crippen LogP contribution in [0, 0.1) is 6.92 Å². The van der Waals surface area contributed by atoms with E-state index in [1.807, 2.05) is 43.3 Å². The molecule has 0 aliphatic carbocycles. The number of halogens is 2. The van der Waals surface area contributed by atoms with Gasteiger partial charge in [-0.05, 0) is 46.6 Å². The molecule has 0 bridgehead atoms. The summed E-state index contributed by atoms with van der Waals surface area (Å²) in [7, 11) is 1.63. The van der Waals surface area contributed by atoms with Crippen molar-refractivity contribution in [2.24, 2.45) is 0 Å². The number of rotatable bonds is 2. The number of benzene rings is 2. The lowest BCUT2D eigenvalue weighted by Crippen LogP contribution is -1.95. The number of fused-ring (bicyclic) bond motifs is 1. The zero-order valence-corrected chi connectivity index (χ0v) is 13.9. The van der Waals surface area contributed by atoms with E-state index in [2.05, 4.69) is 25.9 Å². The van der Waals surface area contributed by atoms with Crippen molar-refractivity contribution in [1.29, 1.82) is 0 Å². The summed E-state index contributed by atoms with van der Waals surface area (Å²) in [4.78, 5) is 9.08. The van der Waals surface area contributed by atoms with Crippen LogP contribution in [-0.2, 0) is 0 Å². The van der Waals surface area contributed by atoms with Gasteiger partial charge in [0.2, 0.25) is 0 Å². The fraction of sp³-hybridized carbons (Fsp3) is 0.125. The maximum absolute atomic E-state index is 6.35. The van der Waals surface area contributed by atoms with E-state index in [0.717, 1.165) is 32.3 Å². The molecule has 0 aliphatic rings. The largest absolute Gasteiger partial charge is 0.497 e. The van der Waals surface area contributed by atoms with Gasteiger partial charge in [0, 0.05) is 10.0 Å². The Morgan fingerprint density at radius 2 is 1.95 bits per heavy atom. The number of hydrogen-bond donors (Lipinski definition) is 0. The molecule has 5 heteroatoms. The Bertz CT molecular complexity index is 836. The predicted molar refractivity (Wildman–Crippen MR) is 89.0 cm³/mol. The standard InChI is InChI=1S/C16H12BrClN2O/c1-9-6-7-12(17)13-14(9)19-16(20-15(13)18)10-4-3-5-11(8-10)21-2/h3-8H,1-2H3. The van der Waals surface area contributed by atoms with Gasteiger partial charge in [0.15, 0.2) is 5.82 Å². The first-order valence-corrected chi connectivity index (χ1v) is 7.54. The van der Waals surface area contributed by atoms with Crippen LogP contribution in [0.15, 0.2) is 40.9 Å². The molecule has 0 unspecified atom stereocenters. The van der Waals surface area contributed by atoms with Crippen LogP contribution in [0.3, 0.4) is 0 Å². The number of ether oxygens (including phenoxy) is 1. The zero-order valence-electron chi connectivity index (χ0n) is 11.5. The Labute approximate surface area is 136 Å². The van der Waals surface area contributed by atoms with E-state index in [-0.39, 0.29) is 0 Å². The van der Waals surface area contributed by atoms with Crippen molar-refractivity contribution >= 4 is 38.4 Å². The van der Waals surface area contributed by atoms with Crippen LogP contribution in [0.5, 0.6) is 5.75 Å². The van der Waals surface area contributed by atoms with Crippen LogP contribution in [0.2, 0.25) is 5.15 Å². The lowest BCUT2D eigenvalue weighted by molar-refractivity contribution is 0.415. The molecule has 106 valence electrons. The molecule has 0 saturated heterocycles. The van der Waals surface area contributed by atoms with E-state index in [4.69, 9.17) is 16.3 Å². The van der Waals surface area contributed by atoms with Crippen molar-refractivity contribution in [3.8, 4) is 17.1 Å². The molecule has 1 heterocycles. The van der Waals surface area contributed by atoms with E-state index in [1.54, 1.807) is 7.11 Å². The second-order valence-corrected chi connectivity index (χ2v) is 5.87. The van der Waals surface area contributed by atoms with Crippen molar-refractivity contribution in [3.63, 3.8) is 0 Å². The third-order valence-electron chi connectivity index (χ3n) is 3.28. The van der Waals surface area contributed by atoms with Gasteiger partial charge >= 0.3 is 0 Å². The third-order valence-corrected chi connectivity index (χ3v) is 4.22. The molecule has 0 N–H and O–H groups in total. The average molecular weight is 364 g/mol. The number of aryl methyl sites for hydroxylation is 1. The molecule has 0 fully saturated rings. The van der Waals surface area contributed by atoms with E-state index in [1.165, 1.54) is 0 Å². The lowest BCUT2D eigenvalue weighted by atomic mass is 10.1. The highest BCUT2D eigenvalue weighted by molar-refractivity contribution is 9.10. The topological polar surface area (TPSA) is 35.0 Å². The second kappa shape index (κ2) is 5.62. The molecule has 1 aromatic heterocycles. The van der Waals surface area contributed by atoms with Crippen LogP contribution in [0.1, 0.15) is 5.56 Å². The fourth-order valence-electron chi connectivity index (χ4n) is 2.18. The number of hydrogen-bond acceptors (Lipinski definition) is 3. The predicted octanol–water partition coefficient (Wildman–Crippen LogP) is 5.03. The maximum Gasteiger partial charge on any atom is 0.161 e. The van der Waals surface area contributed by atoms with Gasteiger partial charge in [0.1, 0.15) is 10.9 Å². The molecule has 3 nitrogen and oxygen atoms in total. The van der Waals surface area contributed by atoms with E-state index >= 15 is 0 Å². The molecule has 0 amide bonds. The first-order chi connectivity index (χ1) is 10.1. The second-order valence-electron chi connectivity index (χ2n) is 4.66. The Morgan fingerprint density at radius 1 is 1.14 bits per heavy atom. The Kier molecular flexibility index (Phi) is 3.83. The van der Waals surface area contributed by atoms with Gasteiger partial charge in [-0.2, -0.15) is 0 Å². The summed E-state index contributed by atoms with van der Waals surface area (Å²) in [5.74, 6) is 1.35. The quantitative estimate of drug-likeness (QED) is 0.599. The number of aromatic nitrogens is 2. The molecule has 0 radical (unpaired) electrons. The minimum absolute atomic E-state index is 0.438. The molecule has 3 rings (SSSR count). The van der Waals surface area contributed by atoms with E-state index < -0.39 is 0 Å². The monoisotopic (exact) mass is 362 g/mol. The summed E-state index contributed by atoms with van der Waals surface area (Å²) in [5, 5.41) is 1.27. The number of methoxy groups -OCH3 is 1. The molecule has 2 aromatic carbocycles. The Morgan fingerprint density at radius 3 is 2.71 bits per heavy atom. The molecular formula is C16H12BrClN2O. The molecule has 0 aliphatic heterocycles. The van der Waals surface area contributed by atoms with Crippen molar-refractivity contribution in [2.45, 2.75) is 6.92 Å². The Hall–Kier alpha value is -1.65. The summed E-state index contributed by atoms with van der Waals surface area (Å²) < 4.78 is 6.13. The lowest BCUT2D eigenvalue weighted by Gasteiger charge is -2.09. The van der Waals surface area contributed by atoms with Crippen LogP contribution in [0.25, 0.3) is 22.3 Å². The summed E-state index contributed by atoms with van der Waals surface area (Å²) in [6.07, 6.45) is 0. The third kappa shape index (κ3) is 2.61. The van der Waals surface area contributed by atoms with Crippen molar-refractivity contribution in [3.05, 3.63) is 51.6 Å². The normalized spacial score (nSPS) is 10.9. The van der Waals surface area contributed by atoms with Gasteiger partial charge in [-0.25, -0.2) is 9.97 Å². The minimum atomic E-state index is 0.438. The first-order valence-electron chi connectivity index (χ1n) is 6.37. The number of nitrogens with zero attached hydrogens (tertiary/aromatic N) is 2. The summed E-state index contributed by atoms with van der Waals surface area (Å²) in [6.45, 7) is 2.01. The fourth-order valence-corrected chi connectivity index (χ4v) is 3.08. The van der Waals surface area contributed by atoms with Crippen LogP contribution >= 0.6 is 27.5 Å². The summed E-state index contributed by atoms with van der Waals surface area (Å²) in [6, 6.07) is 11.6. The van der Waals surface area contributed by atoms with Crippen LogP contribution in [-0.4, -0.2) is 17.1 Å². The van der Waals surface area contributed by atoms with Gasteiger partial charge in [-0.3, -0.25) is 0 Å². The van der Waals surface area contributed by atoms with Crippen molar-refractivity contribution < 1.29 is 4.74 Å². The first kappa shape index (κ1) is 14.3. The minimum Gasteiger partial charge on any atom is -0.497 e. The van der Waals surface area contributed by atoms with Gasteiger partial charge in [0.05, 0.1) is 18.0 Å². The summed E-state index contributed by atoms with van der Waals surface area (Å²) in [5.41, 5.74) is 2.78. The zero-order chi connectivity index (χ0) is 15.0. The van der Waals surface area contributed by atoms with Crippen LogP contribution in [0.4, 0.5) is 0 Å².